The molecule has 1 aromatic rings. The van der Waals surface area contributed by atoms with E-state index >= 15 is 0 Å². The van der Waals surface area contributed by atoms with Gasteiger partial charge in [0.2, 0.25) is 0 Å². The summed E-state index contributed by atoms with van der Waals surface area (Å²) in [5, 5.41) is 3.46. The van der Waals surface area contributed by atoms with Crippen LogP contribution in [0.4, 0.5) is 0 Å². The zero-order valence-electron chi connectivity index (χ0n) is 13.1. The minimum Gasteiger partial charge on any atom is -0.489 e. The third-order valence-corrected chi connectivity index (χ3v) is 3.21. The zero-order valence-corrected chi connectivity index (χ0v) is 13.1. The van der Waals surface area contributed by atoms with Crippen LogP contribution in [-0.4, -0.2) is 18.7 Å². The van der Waals surface area contributed by atoms with E-state index in [0.717, 1.165) is 25.1 Å². The second-order valence-electron chi connectivity index (χ2n) is 5.82. The summed E-state index contributed by atoms with van der Waals surface area (Å²) in [7, 11) is 0. The largest absolute Gasteiger partial charge is 0.489 e. The molecule has 1 rings (SSSR count). The first-order valence-corrected chi connectivity index (χ1v) is 7.53. The Balaban J connectivity index is 2.57. The lowest BCUT2D eigenvalue weighted by Gasteiger charge is -2.21. The van der Waals surface area contributed by atoms with Crippen LogP contribution in [0.25, 0.3) is 0 Å². The first kappa shape index (κ1) is 16.0. The van der Waals surface area contributed by atoms with Gasteiger partial charge in [0.1, 0.15) is 11.9 Å². The van der Waals surface area contributed by atoms with Crippen molar-refractivity contribution in [2.24, 2.45) is 0 Å². The van der Waals surface area contributed by atoms with Crippen molar-refractivity contribution in [2.45, 2.75) is 65.5 Å². The molecule has 0 bridgehead atoms. The summed E-state index contributed by atoms with van der Waals surface area (Å²) in [5.74, 6) is 1.55. The molecule has 108 valence electrons. The van der Waals surface area contributed by atoms with Gasteiger partial charge in [-0.25, -0.2) is 0 Å². The summed E-state index contributed by atoms with van der Waals surface area (Å²) >= 11 is 0. The van der Waals surface area contributed by atoms with E-state index < -0.39 is 0 Å². The second kappa shape index (κ2) is 8.21. The van der Waals surface area contributed by atoms with Crippen LogP contribution in [0.1, 0.15) is 58.9 Å². The van der Waals surface area contributed by atoms with Gasteiger partial charge in [0.05, 0.1) is 0 Å². The van der Waals surface area contributed by atoms with E-state index in [1.807, 2.05) is 0 Å². The Kier molecular flexibility index (Phi) is 6.93. The highest BCUT2D eigenvalue weighted by molar-refractivity contribution is 5.29. The van der Waals surface area contributed by atoms with Crippen molar-refractivity contribution < 1.29 is 4.74 Å². The van der Waals surface area contributed by atoms with Gasteiger partial charge in [-0.3, -0.25) is 0 Å². The van der Waals surface area contributed by atoms with E-state index in [0.29, 0.717) is 12.0 Å². The topological polar surface area (TPSA) is 21.3 Å². The van der Waals surface area contributed by atoms with Crippen molar-refractivity contribution in [3.8, 4) is 5.75 Å². The zero-order chi connectivity index (χ0) is 14.3. The van der Waals surface area contributed by atoms with Gasteiger partial charge in [-0.05, 0) is 30.0 Å². The first-order chi connectivity index (χ1) is 9.02. The molecule has 0 aliphatic heterocycles. The Bertz CT molecular complexity index is 343. The van der Waals surface area contributed by atoms with Crippen LogP contribution in [0.15, 0.2) is 24.3 Å². The quantitative estimate of drug-likeness (QED) is 0.752. The molecule has 1 aromatic carbocycles. The van der Waals surface area contributed by atoms with Crippen molar-refractivity contribution in [3.05, 3.63) is 29.8 Å². The van der Waals surface area contributed by atoms with Gasteiger partial charge in [-0.15, -0.1) is 0 Å². The predicted molar refractivity (Wildman–Crippen MR) is 83.0 cm³/mol. The molecule has 0 aliphatic rings. The highest BCUT2D eigenvalue weighted by atomic mass is 16.5. The van der Waals surface area contributed by atoms with E-state index in [2.05, 4.69) is 64.2 Å². The Morgan fingerprint density at radius 1 is 1.05 bits per heavy atom. The van der Waals surface area contributed by atoms with Crippen LogP contribution >= 0.6 is 0 Å². The number of nitrogens with one attached hydrogen (secondary N) is 1. The molecule has 0 amide bonds. The smallest absolute Gasteiger partial charge is 0.119 e. The maximum atomic E-state index is 6.08. The van der Waals surface area contributed by atoms with Gasteiger partial charge in [0.15, 0.2) is 0 Å². The number of hydrogen-bond donors (Lipinski definition) is 1. The van der Waals surface area contributed by atoms with Crippen molar-refractivity contribution in [1.82, 2.24) is 5.32 Å². The number of hydrogen-bond acceptors (Lipinski definition) is 2. The second-order valence-corrected chi connectivity index (χ2v) is 5.82. The van der Waals surface area contributed by atoms with Gasteiger partial charge in [0.25, 0.3) is 0 Å². The number of rotatable bonds is 8. The standard InChI is InChI=1S/C17H29NO/c1-6-7-17(12-18-14(4)5)19-16-10-8-15(9-11-16)13(2)3/h8-11,13-14,17-18H,6-7,12H2,1-5H3. The fraction of sp³-hybridized carbons (Fsp3) is 0.647. The Labute approximate surface area is 118 Å². The van der Waals surface area contributed by atoms with Gasteiger partial charge >= 0.3 is 0 Å². The van der Waals surface area contributed by atoms with Crippen molar-refractivity contribution in [3.63, 3.8) is 0 Å². The number of ether oxygens (including phenoxy) is 1. The summed E-state index contributed by atoms with van der Waals surface area (Å²) in [4.78, 5) is 0. The van der Waals surface area contributed by atoms with Crippen LogP contribution in [0.2, 0.25) is 0 Å². The van der Waals surface area contributed by atoms with Crippen molar-refractivity contribution in [1.29, 1.82) is 0 Å². The molecular weight excluding hydrogens is 234 g/mol. The van der Waals surface area contributed by atoms with Crippen LogP contribution in [0.3, 0.4) is 0 Å². The average Bonchev–Trinajstić information content (AvgIpc) is 2.37. The number of benzene rings is 1. The molecule has 0 heterocycles. The molecule has 1 atom stereocenters. The fourth-order valence-corrected chi connectivity index (χ4v) is 2.02. The maximum Gasteiger partial charge on any atom is 0.119 e. The average molecular weight is 263 g/mol. The molecular formula is C17H29NO. The molecule has 0 fully saturated rings. The highest BCUT2D eigenvalue weighted by Gasteiger charge is 2.10. The minimum atomic E-state index is 0.261. The maximum absolute atomic E-state index is 6.08. The summed E-state index contributed by atoms with van der Waals surface area (Å²) in [5.41, 5.74) is 1.36. The molecule has 0 aromatic heterocycles. The molecule has 2 heteroatoms. The van der Waals surface area contributed by atoms with E-state index in [1.54, 1.807) is 0 Å². The summed E-state index contributed by atoms with van der Waals surface area (Å²) in [6, 6.07) is 9.02. The lowest BCUT2D eigenvalue weighted by atomic mass is 10.0. The monoisotopic (exact) mass is 263 g/mol. The van der Waals surface area contributed by atoms with E-state index in [9.17, 15) is 0 Å². The van der Waals surface area contributed by atoms with E-state index in [1.165, 1.54) is 5.56 Å². The van der Waals surface area contributed by atoms with Crippen molar-refractivity contribution in [2.75, 3.05) is 6.54 Å². The molecule has 2 nitrogen and oxygen atoms in total. The molecule has 0 radical (unpaired) electrons. The third kappa shape index (κ3) is 6.11. The fourth-order valence-electron chi connectivity index (χ4n) is 2.02. The molecule has 1 N–H and O–H groups in total. The van der Waals surface area contributed by atoms with E-state index in [-0.39, 0.29) is 6.10 Å². The van der Waals surface area contributed by atoms with Crippen molar-refractivity contribution >= 4 is 0 Å². The SMILES string of the molecule is CCCC(CNC(C)C)Oc1ccc(C(C)C)cc1. The third-order valence-electron chi connectivity index (χ3n) is 3.21. The lowest BCUT2D eigenvalue weighted by Crippen LogP contribution is -2.35. The molecule has 0 saturated heterocycles. The van der Waals surface area contributed by atoms with Crippen LogP contribution in [0, 0.1) is 0 Å². The van der Waals surface area contributed by atoms with Crippen LogP contribution in [0.5, 0.6) is 5.75 Å². The van der Waals surface area contributed by atoms with Crippen LogP contribution < -0.4 is 10.1 Å². The van der Waals surface area contributed by atoms with Gasteiger partial charge < -0.3 is 10.1 Å². The lowest BCUT2D eigenvalue weighted by molar-refractivity contribution is 0.183. The predicted octanol–water partition coefficient (Wildman–Crippen LogP) is 4.36. The normalized spacial score (nSPS) is 13.0. The highest BCUT2D eigenvalue weighted by Crippen LogP contribution is 2.20. The van der Waals surface area contributed by atoms with Gasteiger partial charge in [-0.1, -0.05) is 53.2 Å². The summed E-state index contributed by atoms with van der Waals surface area (Å²) in [6.07, 6.45) is 2.50. The molecule has 0 aliphatic carbocycles. The van der Waals surface area contributed by atoms with Gasteiger partial charge in [-0.2, -0.15) is 0 Å². The summed E-state index contributed by atoms with van der Waals surface area (Å²) in [6.45, 7) is 11.9. The summed E-state index contributed by atoms with van der Waals surface area (Å²) < 4.78 is 6.08. The molecule has 1 unspecified atom stereocenters. The van der Waals surface area contributed by atoms with Crippen LogP contribution in [-0.2, 0) is 0 Å². The molecule has 19 heavy (non-hydrogen) atoms. The van der Waals surface area contributed by atoms with E-state index in [4.69, 9.17) is 4.74 Å². The van der Waals surface area contributed by atoms with Gasteiger partial charge in [0, 0.05) is 12.6 Å². The molecule has 0 spiro atoms. The minimum absolute atomic E-state index is 0.261. The Morgan fingerprint density at radius 3 is 2.16 bits per heavy atom. The Morgan fingerprint density at radius 2 is 1.68 bits per heavy atom. The Hall–Kier alpha value is -1.02. The molecule has 0 saturated carbocycles. The first-order valence-electron chi connectivity index (χ1n) is 7.53.